The number of dihydropyridines is 1. The Kier molecular flexibility index (Phi) is 2.28. The fourth-order valence-corrected chi connectivity index (χ4v) is 0.784. The Hall–Kier alpha value is -1.29. The molecule has 0 unspecified atom stereocenters. The highest BCUT2D eigenvalue weighted by Crippen LogP contribution is 2.13. The first kappa shape index (κ1) is 7.81. The van der Waals surface area contributed by atoms with E-state index in [1.165, 1.54) is 7.11 Å². The van der Waals surface area contributed by atoms with Crippen LogP contribution in [-0.4, -0.2) is 13.0 Å². The Balaban J connectivity index is 2.78. The average Bonchev–Trinajstić information content (AvgIpc) is 2.04. The fourth-order valence-electron chi connectivity index (χ4n) is 0.784. The van der Waals surface area contributed by atoms with Crippen molar-refractivity contribution in [3.8, 4) is 0 Å². The fraction of sp³-hybridized carbons (Fsp3) is 0.143. The molecular formula is C7H9N2O2. The third kappa shape index (κ3) is 1.59. The molecule has 1 rings (SSSR count). The molecule has 59 valence electrons. The number of nitrogens with two attached hydrogens (primary N) is 1. The molecule has 0 saturated heterocycles. The van der Waals surface area contributed by atoms with Gasteiger partial charge in [-0.05, 0) is 18.4 Å². The van der Waals surface area contributed by atoms with E-state index < -0.39 is 5.91 Å². The van der Waals surface area contributed by atoms with Crippen LogP contribution in [0, 0.1) is 6.23 Å². The van der Waals surface area contributed by atoms with E-state index in [0.29, 0.717) is 11.8 Å². The van der Waals surface area contributed by atoms with Crippen molar-refractivity contribution in [1.29, 1.82) is 0 Å². The lowest BCUT2D eigenvalue weighted by Gasteiger charge is -2.16. The maximum atomic E-state index is 10.7. The van der Waals surface area contributed by atoms with Gasteiger partial charge < -0.3 is 15.8 Å². The first-order valence-electron chi connectivity index (χ1n) is 3.10. The lowest BCUT2D eigenvalue weighted by atomic mass is 10.1. The number of methoxy groups -OCH3 is 1. The molecule has 0 bridgehead atoms. The third-order valence-corrected chi connectivity index (χ3v) is 1.29. The van der Waals surface area contributed by atoms with E-state index in [4.69, 9.17) is 10.5 Å². The first-order chi connectivity index (χ1) is 5.25. The molecule has 3 N–H and O–H groups in total. The van der Waals surface area contributed by atoms with Gasteiger partial charge in [-0.1, -0.05) is 0 Å². The number of nitrogens with one attached hydrogen (secondary N) is 1. The number of carbonyl (C=O) groups excluding carboxylic acids is 1. The van der Waals surface area contributed by atoms with Crippen LogP contribution in [0.1, 0.15) is 0 Å². The summed E-state index contributed by atoms with van der Waals surface area (Å²) < 4.78 is 4.85. The zero-order chi connectivity index (χ0) is 8.27. The number of carbonyl (C=O) groups is 1. The average molecular weight is 153 g/mol. The molecule has 11 heavy (non-hydrogen) atoms. The molecule has 1 amide bonds. The minimum Gasteiger partial charge on any atom is -0.366 e. The van der Waals surface area contributed by atoms with Crippen LogP contribution in [0.25, 0.3) is 0 Å². The van der Waals surface area contributed by atoms with Crippen molar-refractivity contribution >= 4 is 5.91 Å². The summed E-state index contributed by atoms with van der Waals surface area (Å²) >= 11 is 0. The number of hydrogen-bond donors (Lipinski definition) is 2. The van der Waals surface area contributed by atoms with Gasteiger partial charge in [0.15, 0.2) is 0 Å². The van der Waals surface area contributed by atoms with Gasteiger partial charge in [0.1, 0.15) is 0 Å². The van der Waals surface area contributed by atoms with Gasteiger partial charge in [0, 0.05) is 7.11 Å². The topological polar surface area (TPSA) is 64.3 Å². The predicted molar refractivity (Wildman–Crippen MR) is 39.8 cm³/mol. The molecule has 0 saturated carbocycles. The van der Waals surface area contributed by atoms with Gasteiger partial charge in [-0.3, -0.25) is 4.79 Å². The van der Waals surface area contributed by atoms with Crippen molar-refractivity contribution in [2.75, 3.05) is 7.11 Å². The second-order valence-corrected chi connectivity index (χ2v) is 1.98. The molecule has 4 nitrogen and oxygen atoms in total. The minimum absolute atomic E-state index is 0.356. The van der Waals surface area contributed by atoms with Crippen LogP contribution in [-0.2, 0) is 9.53 Å². The van der Waals surface area contributed by atoms with E-state index >= 15 is 0 Å². The number of rotatable bonds is 2. The van der Waals surface area contributed by atoms with Crippen LogP contribution in [0.4, 0.5) is 0 Å². The summed E-state index contributed by atoms with van der Waals surface area (Å²) in [5, 5.41) is 2.74. The maximum Gasteiger partial charge on any atom is 0.249 e. The lowest BCUT2D eigenvalue weighted by molar-refractivity contribution is -0.115. The lowest BCUT2D eigenvalue weighted by Crippen LogP contribution is -2.29. The van der Waals surface area contributed by atoms with Crippen LogP contribution in [0.2, 0.25) is 0 Å². The number of allylic oxidation sites excluding steroid dienone is 2. The van der Waals surface area contributed by atoms with Crippen molar-refractivity contribution in [2.24, 2.45) is 5.73 Å². The van der Waals surface area contributed by atoms with E-state index in [1.807, 2.05) is 0 Å². The Labute approximate surface area is 64.7 Å². The summed E-state index contributed by atoms with van der Waals surface area (Å²) in [6.45, 7) is 0. The molecule has 0 spiro atoms. The van der Waals surface area contributed by atoms with Crippen molar-refractivity contribution in [1.82, 2.24) is 5.32 Å². The zero-order valence-electron chi connectivity index (χ0n) is 6.13. The SMILES string of the molecule is CO[C]1NC=CC=C1C(N)=O. The van der Waals surface area contributed by atoms with Gasteiger partial charge in [-0.15, -0.1) is 0 Å². The van der Waals surface area contributed by atoms with Gasteiger partial charge in [-0.25, -0.2) is 0 Å². The number of primary amides is 1. The molecule has 1 heterocycles. The Morgan fingerprint density at radius 1 is 1.73 bits per heavy atom. The molecule has 0 aliphatic carbocycles. The normalized spacial score (nSPS) is 17.4. The highest BCUT2D eigenvalue weighted by molar-refractivity contribution is 5.95. The standard InChI is InChI=1S/C7H9N2O2/c1-11-7-5(6(8)10)3-2-4-9-7/h2-4,9H,1H3,(H2,8,10). The summed E-state index contributed by atoms with van der Waals surface area (Å²) in [7, 11) is 1.47. The van der Waals surface area contributed by atoms with E-state index in [2.05, 4.69) is 5.32 Å². The first-order valence-corrected chi connectivity index (χ1v) is 3.10. The van der Waals surface area contributed by atoms with Crippen LogP contribution in [0.3, 0.4) is 0 Å². The van der Waals surface area contributed by atoms with Crippen LogP contribution >= 0.6 is 0 Å². The molecule has 4 heteroatoms. The van der Waals surface area contributed by atoms with Gasteiger partial charge in [0.2, 0.25) is 12.1 Å². The summed E-state index contributed by atoms with van der Waals surface area (Å²) in [6.07, 6.45) is 5.32. The van der Waals surface area contributed by atoms with E-state index in [9.17, 15) is 4.79 Å². The van der Waals surface area contributed by atoms with Crippen molar-refractivity contribution in [3.63, 3.8) is 0 Å². The van der Waals surface area contributed by atoms with E-state index in [0.717, 1.165) is 0 Å². The molecule has 0 aromatic rings. The smallest absolute Gasteiger partial charge is 0.249 e. The van der Waals surface area contributed by atoms with E-state index in [1.54, 1.807) is 18.4 Å². The largest absolute Gasteiger partial charge is 0.366 e. The highest BCUT2D eigenvalue weighted by atomic mass is 16.5. The molecule has 0 atom stereocenters. The van der Waals surface area contributed by atoms with Gasteiger partial charge in [0.05, 0.1) is 5.57 Å². The summed E-state index contributed by atoms with van der Waals surface area (Å²) in [6, 6.07) is 0. The highest BCUT2D eigenvalue weighted by Gasteiger charge is 2.19. The van der Waals surface area contributed by atoms with Gasteiger partial charge in [0.25, 0.3) is 0 Å². The maximum absolute atomic E-state index is 10.7. The molecule has 0 fully saturated rings. The zero-order valence-corrected chi connectivity index (χ0v) is 6.13. The minimum atomic E-state index is -0.501. The second-order valence-electron chi connectivity index (χ2n) is 1.98. The molecular weight excluding hydrogens is 144 g/mol. The van der Waals surface area contributed by atoms with Crippen LogP contribution in [0.15, 0.2) is 23.9 Å². The van der Waals surface area contributed by atoms with E-state index in [-0.39, 0.29) is 0 Å². The summed E-state index contributed by atoms with van der Waals surface area (Å²) in [5.41, 5.74) is 5.41. The quantitative estimate of drug-likeness (QED) is 0.570. The monoisotopic (exact) mass is 153 g/mol. The Morgan fingerprint density at radius 3 is 2.91 bits per heavy atom. The van der Waals surface area contributed by atoms with Crippen LogP contribution < -0.4 is 11.1 Å². The van der Waals surface area contributed by atoms with Gasteiger partial charge in [-0.2, -0.15) is 0 Å². The van der Waals surface area contributed by atoms with Gasteiger partial charge >= 0.3 is 0 Å². The summed E-state index contributed by atoms with van der Waals surface area (Å²) in [5.74, 6) is -0.501. The molecule has 1 aliphatic heterocycles. The number of ether oxygens (including phenoxy) is 1. The molecule has 1 radical (unpaired) electrons. The molecule has 1 aliphatic rings. The van der Waals surface area contributed by atoms with Crippen molar-refractivity contribution < 1.29 is 9.53 Å². The molecule has 0 aromatic heterocycles. The number of hydrogen-bond acceptors (Lipinski definition) is 3. The van der Waals surface area contributed by atoms with Crippen molar-refractivity contribution in [2.45, 2.75) is 0 Å². The second kappa shape index (κ2) is 3.21. The van der Waals surface area contributed by atoms with Crippen LogP contribution in [0.5, 0.6) is 0 Å². The van der Waals surface area contributed by atoms with Crippen molar-refractivity contribution in [3.05, 3.63) is 30.2 Å². The summed E-state index contributed by atoms with van der Waals surface area (Å²) in [4.78, 5) is 10.7. The predicted octanol–water partition coefficient (Wildman–Crippen LogP) is -0.349. The molecule has 0 aromatic carbocycles. The number of amides is 1. The Morgan fingerprint density at radius 2 is 2.45 bits per heavy atom. The Bertz CT molecular complexity index is 220. The third-order valence-electron chi connectivity index (χ3n) is 1.29.